The van der Waals surface area contributed by atoms with Crippen molar-refractivity contribution in [2.45, 2.75) is 88.9 Å². The summed E-state index contributed by atoms with van der Waals surface area (Å²) >= 11 is 0. The lowest BCUT2D eigenvalue weighted by atomic mass is 9.50. The van der Waals surface area contributed by atoms with Crippen molar-refractivity contribution in [1.82, 2.24) is 0 Å². The van der Waals surface area contributed by atoms with Gasteiger partial charge in [0.2, 0.25) is 0 Å². The lowest BCUT2D eigenvalue weighted by Crippen LogP contribution is -2.43. The van der Waals surface area contributed by atoms with Crippen LogP contribution >= 0.6 is 0 Å². The molecule has 0 heterocycles. The van der Waals surface area contributed by atoms with Gasteiger partial charge in [-0.05, 0) is 204 Å². The summed E-state index contributed by atoms with van der Waals surface area (Å²) in [5.74, 6) is 8.85. The molecule has 1 nitrogen and oxygen atoms in total. The van der Waals surface area contributed by atoms with Crippen molar-refractivity contribution < 1.29 is 0 Å². The molecule has 6 aliphatic rings. The number of hydrogen-bond donors (Lipinski definition) is 0. The van der Waals surface area contributed by atoms with Crippen molar-refractivity contribution >= 4 is 17.1 Å². The third-order valence-electron chi connectivity index (χ3n) is 17.1. The van der Waals surface area contributed by atoms with Crippen LogP contribution in [0.15, 0.2) is 152 Å². The van der Waals surface area contributed by atoms with Gasteiger partial charge in [-0.1, -0.05) is 128 Å². The minimum Gasteiger partial charge on any atom is -0.311 e. The molecule has 0 spiro atoms. The van der Waals surface area contributed by atoms with Gasteiger partial charge in [0.25, 0.3) is 0 Å². The standard InChI is InChI=1S/C58H59N/c1-3-8-40(9-4-1)42-20-26-50(27-21-42)59(51-28-22-43(23-29-51)41-10-5-2-6-11-41)52-30-24-45(25-31-52)57-53(55-37-46-17-15-38-33-48(46)36-49(55)34-38)12-7-13-54(57)58-47-19-18-44-16-14-39(32-47)35-56(44)58/h1-13,20-31,38-39,44,46-49,55-56,58H,14-19,32-37H2/t38?,39?,44?,46?,47?,48?,49?,55?,56?,58-/m1/s1. The predicted octanol–water partition coefficient (Wildman–Crippen LogP) is 16.0. The zero-order valence-corrected chi connectivity index (χ0v) is 34.6. The lowest BCUT2D eigenvalue weighted by Gasteiger charge is -2.54. The van der Waals surface area contributed by atoms with E-state index in [1.807, 2.05) is 0 Å². The molecule has 10 atom stereocenters. The van der Waals surface area contributed by atoms with Crippen LogP contribution in [0.25, 0.3) is 33.4 Å². The van der Waals surface area contributed by atoms with Crippen LogP contribution in [-0.2, 0) is 0 Å². The number of nitrogens with zero attached hydrogens (tertiary/aromatic N) is 1. The van der Waals surface area contributed by atoms with Crippen LogP contribution in [0, 0.1) is 47.3 Å². The summed E-state index contributed by atoms with van der Waals surface area (Å²) in [5.41, 5.74) is 15.1. The summed E-state index contributed by atoms with van der Waals surface area (Å²) in [5, 5.41) is 0. The van der Waals surface area contributed by atoms with Gasteiger partial charge in [-0.25, -0.2) is 0 Å². The number of rotatable bonds is 8. The highest BCUT2D eigenvalue weighted by Crippen LogP contribution is 2.62. The van der Waals surface area contributed by atoms with Gasteiger partial charge in [0.1, 0.15) is 0 Å². The first-order valence-corrected chi connectivity index (χ1v) is 23.5. The summed E-state index contributed by atoms with van der Waals surface area (Å²) in [6.45, 7) is 0. The molecule has 296 valence electrons. The third-order valence-corrected chi connectivity index (χ3v) is 17.1. The van der Waals surface area contributed by atoms with Crippen LogP contribution in [0.4, 0.5) is 17.1 Å². The molecule has 1 heteroatoms. The molecule has 0 N–H and O–H groups in total. The average molecular weight is 770 g/mol. The molecule has 6 fully saturated rings. The quantitative estimate of drug-likeness (QED) is 0.149. The Bertz CT molecular complexity index is 2310. The van der Waals surface area contributed by atoms with Gasteiger partial charge < -0.3 is 4.90 Å². The highest BCUT2D eigenvalue weighted by molar-refractivity contribution is 5.82. The van der Waals surface area contributed by atoms with Gasteiger partial charge in [-0.15, -0.1) is 0 Å². The molecular weight excluding hydrogens is 711 g/mol. The van der Waals surface area contributed by atoms with E-state index in [1.165, 1.54) is 122 Å². The van der Waals surface area contributed by atoms with E-state index in [0.29, 0.717) is 5.92 Å². The molecule has 6 bridgehead atoms. The van der Waals surface area contributed by atoms with Gasteiger partial charge >= 0.3 is 0 Å². The van der Waals surface area contributed by atoms with Gasteiger partial charge in [0.15, 0.2) is 0 Å². The lowest BCUT2D eigenvalue weighted by molar-refractivity contribution is 0.00750. The highest BCUT2D eigenvalue weighted by atomic mass is 15.1. The Morgan fingerprint density at radius 2 is 0.814 bits per heavy atom. The van der Waals surface area contributed by atoms with Crippen LogP contribution in [0.2, 0.25) is 0 Å². The Balaban J connectivity index is 0.959. The van der Waals surface area contributed by atoms with Crippen LogP contribution in [0.5, 0.6) is 0 Å². The molecule has 6 aromatic carbocycles. The number of hydrogen-bond acceptors (Lipinski definition) is 1. The summed E-state index contributed by atoms with van der Waals surface area (Å²) in [4.78, 5) is 2.46. The Kier molecular flexibility index (Phi) is 9.15. The van der Waals surface area contributed by atoms with Crippen LogP contribution in [0.1, 0.15) is 100 Å². The number of fused-ring (bicyclic) bond motifs is 4. The van der Waals surface area contributed by atoms with Crippen molar-refractivity contribution in [3.05, 3.63) is 163 Å². The molecule has 9 unspecified atom stereocenters. The summed E-state index contributed by atoms with van der Waals surface area (Å²) < 4.78 is 0. The summed E-state index contributed by atoms with van der Waals surface area (Å²) in [7, 11) is 0. The molecule has 12 rings (SSSR count). The Morgan fingerprint density at radius 3 is 1.46 bits per heavy atom. The summed E-state index contributed by atoms with van der Waals surface area (Å²) in [6.07, 6.45) is 17.7. The largest absolute Gasteiger partial charge is 0.311 e. The molecule has 6 aromatic rings. The van der Waals surface area contributed by atoms with E-state index in [1.54, 1.807) is 16.7 Å². The maximum absolute atomic E-state index is 2.62. The van der Waals surface area contributed by atoms with Crippen molar-refractivity contribution in [3.63, 3.8) is 0 Å². The van der Waals surface area contributed by atoms with Crippen molar-refractivity contribution in [2.75, 3.05) is 4.90 Å². The van der Waals surface area contributed by atoms with E-state index in [2.05, 4.69) is 157 Å². The van der Waals surface area contributed by atoms with Gasteiger partial charge in [-0.2, -0.15) is 0 Å². The minimum atomic E-state index is 0.705. The monoisotopic (exact) mass is 769 g/mol. The van der Waals surface area contributed by atoms with E-state index in [-0.39, 0.29) is 0 Å². The molecule has 0 saturated heterocycles. The first kappa shape index (κ1) is 36.0. The Labute approximate surface area is 352 Å². The van der Waals surface area contributed by atoms with Crippen molar-refractivity contribution in [1.29, 1.82) is 0 Å². The maximum Gasteiger partial charge on any atom is 0.0462 e. The second-order valence-corrected chi connectivity index (χ2v) is 20.0. The minimum absolute atomic E-state index is 0.705. The van der Waals surface area contributed by atoms with Crippen LogP contribution in [0.3, 0.4) is 0 Å². The van der Waals surface area contributed by atoms with E-state index >= 15 is 0 Å². The molecule has 0 radical (unpaired) electrons. The maximum atomic E-state index is 2.62. The van der Waals surface area contributed by atoms with Gasteiger partial charge in [0.05, 0.1) is 0 Å². The highest BCUT2D eigenvalue weighted by Gasteiger charge is 2.50. The van der Waals surface area contributed by atoms with E-state index in [4.69, 9.17) is 0 Å². The SMILES string of the molecule is c1ccc(-c2ccc(N(c3ccc(-c4ccccc4)cc3)c3ccc(-c4c(C5CC6CCC7CC6CC5C7)cccc4[C@H]4C5CCC6CCC(C5)CC64)cc3)cc2)cc1. The molecule has 0 aromatic heterocycles. The topological polar surface area (TPSA) is 3.24 Å². The van der Waals surface area contributed by atoms with Gasteiger partial charge in [-0.3, -0.25) is 0 Å². The molecule has 6 aliphatic carbocycles. The van der Waals surface area contributed by atoms with E-state index < -0.39 is 0 Å². The first-order valence-electron chi connectivity index (χ1n) is 23.5. The molecule has 59 heavy (non-hydrogen) atoms. The Hall–Kier alpha value is -4.88. The smallest absolute Gasteiger partial charge is 0.0462 e. The second kappa shape index (κ2) is 15.0. The third kappa shape index (κ3) is 6.50. The zero-order valence-electron chi connectivity index (χ0n) is 34.6. The molecular formula is C58H59N. The first-order chi connectivity index (χ1) is 29.2. The fourth-order valence-electron chi connectivity index (χ4n) is 14.5. The van der Waals surface area contributed by atoms with E-state index in [0.717, 1.165) is 53.3 Å². The predicted molar refractivity (Wildman–Crippen MR) is 246 cm³/mol. The number of benzene rings is 6. The fraction of sp³-hybridized carbons (Fsp3) is 0.379. The van der Waals surface area contributed by atoms with Crippen molar-refractivity contribution in [3.8, 4) is 33.4 Å². The normalized spacial score (nSPS) is 30.2. The second-order valence-electron chi connectivity index (χ2n) is 20.0. The van der Waals surface area contributed by atoms with Crippen LogP contribution in [-0.4, -0.2) is 0 Å². The van der Waals surface area contributed by atoms with E-state index in [9.17, 15) is 0 Å². The number of anilines is 3. The summed E-state index contributed by atoms with van der Waals surface area (Å²) in [6, 6.07) is 57.5. The molecule has 0 amide bonds. The van der Waals surface area contributed by atoms with Crippen molar-refractivity contribution in [2.24, 2.45) is 47.3 Å². The molecule has 0 aliphatic heterocycles. The van der Waals surface area contributed by atoms with Gasteiger partial charge in [0, 0.05) is 17.1 Å². The van der Waals surface area contributed by atoms with Crippen LogP contribution < -0.4 is 4.90 Å². The molecule has 6 saturated carbocycles. The Morgan fingerprint density at radius 1 is 0.322 bits per heavy atom. The average Bonchev–Trinajstić information content (AvgIpc) is 3.29. The fourth-order valence-corrected chi connectivity index (χ4v) is 14.5. The zero-order chi connectivity index (χ0) is 38.9.